The van der Waals surface area contributed by atoms with E-state index in [2.05, 4.69) is 10.3 Å². The second-order valence-corrected chi connectivity index (χ2v) is 4.67. The second-order valence-electron chi connectivity index (χ2n) is 4.26. The van der Waals surface area contributed by atoms with Crippen molar-refractivity contribution in [1.82, 2.24) is 10.3 Å². The number of nitrogens with zero attached hydrogens (tertiary/aromatic N) is 1. The van der Waals surface area contributed by atoms with Gasteiger partial charge in [0.2, 0.25) is 0 Å². The molecule has 5 nitrogen and oxygen atoms in total. The van der Waals surface area contributed by atoms with Gasteiger partial charge < -0.3 is 16.2 Å². The molecule has 1 heterocycles. The molecule has 1 aromatic heterocycles. The van der Waals surface area contributed by atoms with Gasteiger partial charge in [0.1, 0.15) is 11.6 Å². The monoisotopic (exact) mass is 291 g/mol. The molecule has 0 radical (unpaired) electrons. The minimum Gasteiger partial charge on any atom is -0.508 e. The van der Waals surface area contributed by atoms with Crippen LogP contribution in [-0.2, 0) is 6.42 Å². The third-order valence-electron chi connectivity index (χ3n) is 2.76. The number of pyridine rings is 1. The van der Waals surface area contributed by atoms with E-state index >= 15 is 0 Å². The van der Waals surface area contributed by atoms with E-state index in [-0.39, 0.29) is 22.5 Å². The van der Waals surface area contributed by atoms with Crippen molar-refractivity contribution in [3.05, 3.63) is 52.7 Å². The number of aromatic nitrogens is 1. The summed E-state index contributed by atoms with van der Waals surface area (Å²) >= 11 is 5.90. The van der Waals surface area contributed by atoms with Gasteiger partial charge in [-0.1, -0.05) is 23.7 Å². The van der Waals surface area contributed by atoms with Crippen molar-refractivity contribution in [2.75, 3.05) is 12.3 Å². The summed E-state index contributed by atoms with van der Waals surface area (Å²) in [6.07, 6.45) is 2.01. The summed E-state index contributed by atoms with van der Waals surface area (Å²) in [7, 11) is 0. The number of carbonyl (C=O) groups excluding carboxylic acids is 1. The van der Waals surface area contributed by atoms with Crippen molar-refractivity contribution in [3.63, 3.8) is 0 Å². The summed E-state index contributed by atoms with van der Waals surface area (Å²) in [4.78, 5) is 15.7. The minimum absolute atomic E-state index is 0.219. The van der Waals surface area contributed by atoms with Crippen LogP contribution in [0.3, 0.4) is 0 Å². The molecule has 4 N–H and O–H groups in total. The van der Waals surface area contributed by atoms with Crippen molar-refractivity contribution >= 4 is 23.3 Å². The average molecular weight is 292 g/mol. The van der Waals surface area contributed by atoms with Crippen LogP contribution >= 0.6 is 11.6 Å². The quantitative estimate of drug-likeness (QED) is 0.804. The topological polar surface area (TPSA) is 88.2 Å². The molecule has 104 valence electrons. The number of anilines is 1. The molecule has 0 saturated heterocycles. The molecule has 0 fully saturated rings. The smallest absolute Gasteiger partial charge is 0.253 e. The molecule has 0 aliphatic rings. The molecule has 0 aliphatic carbocycles. The first kappa shape index (κ1) is 14.1. The van der Waals surface area contributed by atoms with Gasteiger partial charge in [0.25, 0.3) is 5.91 Å². The van der Waals surface area contributed by atoms with Crippen molar-refractivity contribution in [1.29, 1.82) is 0 Å². The van der Waals surface area contributed by atoms with Crippen molar-refractivity contribution in [2.24, 2.45) is 0 Å². The lowest BCUT2D eigenvalue weighted by Crippen LogP contribution is -2.26. The van der Waals surface area contributed by atoms with Crippen LogP contribution in [0.4, 0.5) is 5.82 Å². The highest BCUT2D eigenvalue weighted by molar-refractivity contribution is 6.33. The van der Waals surface area contributed by atoms with Gasteiger partial charge in [0, 0.05) is 12.7 Å². The van der Waals surface area contributed by atoms with Gasteiger partial charge in [0.15, 0.2) is 0 Å². The first-order chi connectivity index (χ1) is 9.56. The number of benzene rings is 1. The molecule has 0 saturated carbocycles. The maximum Gasteiger partial charge on any atom is 0.253 e. The van der Waals surface area contributed by atoms with Crippen LogP contribution < -0.4 is 11.1 Å². The number of nitrogens with one attached hydrogen (secondary N) is 1. The molecule has 6 heteroatoms. The Morgan fingerprint density at radius 3 is 2.75 bits per heavy atom. The number of hydrogen-bond acceptors (Lipinski definition) is 4. The van der Waals surface area contributed by atoms with E-state index in [1.54, 1.807) is 24.3 Å². The Morgan fingerprint density at radius 1 is 1.35 bits per heavy atom. The van der Waals surface area contributed by atoms with Crippen LogP contribution in [-0.4, -0.2) is 22.5 Å². The van der Waals surface area contributed by atoms with Crippen molar-refractivity contribution < 1.29 is 9.90 Å². The number of amides is 1. The second kappa shape index (κ2) is 6.25. The van der Waals surface area contributed by atoms with E-state index in [1.165, 1.54) is 12.3 Å². The van der Waals surface area contributed by atoms with Crippen LogP contribution in [0.5, 0.6) is 5.75 Å². The fraction of sp³-hybridized carbons (Fsp3) is 0.143. The Morgan fingerprint density at radius 2 is 2.05 bits per heavy atom. The Hall–Kier alpha value is -2.27. The van der Waals surface area contributed by atoms with E-state index in [9.17, 15) is 9.90 Å². The predicted molar refractivity (Wildman–Crippen MR) is 77.8 cm³/mol. The zero-order valence-corrected chi connectivity index (χ0v) is 11.4. The van der Waals surface area contributed by atoms with Crippen molar-refractivity contribution in [2.45, 2.75) is 6.42 Å². The molecule has 2 aromatic rings. The van der Waals surface area contributed by atoms with E-state index in [0.717, 1.165) is 5.56 Å². The number of rotatable bonds is 4. The van der Waals surface area contributed by atoms with E-state index in [1.807, 2.05) is 0 Å². The molecule has 2 rings (SSSR count). The molecule has 0 aliphatic heterocycles. The molecule has 0 bridgehead atoms. The lowest BCUT2D eigenvalue weighted by Gasteiger charge is -2.07. The number of nitrogens with two attached hydrogens (primary N) is 1. The maximum atomic E-state index is 11.9. The Balaban J connectivity index is 1.92. The summed E-state index contributed by atoms with van der Waals surface area (Å²) in [5.41, 5.74) is 6.85. The van der Waals surface area contributed by atoms with Gasteiger partial charge in [-0.15, -0.1) is 0 Å². The van der Waals surface area contributed by atoms with E-state index in [4.69, 9.17) is 17.3 Å². The number of halogens is 1. The van der Waals surface area contributed by atoms with Gasteiger partial charge in [0.05, 0.1) is 10.6 Å². The van der Waals surface area contributed by atoms with Crippen LogP contribution in [0.15, 0.2) is 36.5 Å². The predicted octanol–water partition coefficient (Wildman–Crippen LogP) is 2.00. The van der Waals surface area contributed by atoms with E-state index in [0.29, 0.717) is 18.5 Å². The standard InChI is InChI=1S/C14H14ClN3O2/c15-12-8-18-13(16)7-11(12)14(20)17-6-5-9-1-3-10(19)4-2-9/h1-4,7-8,19H,5-6H2,(H2,16,18)(H,17,20). The largest absolute Gasteiger partial charge is 0.508 e. The zero-order chi connectivity index (χ0) is 14.5. The molecular weight excluding hydrogens is 278 g/mol. The number of aromatic hydroxyl groups is 1. The van der Waals surface area contributed by atoms with Gasteiger partial charge >= 0.3 is 0 Å². The highest BCUT2D eigenvalue weighted by Gasteiger charge is 2.10. The van der Waals surface area contributed by atoms with Gasteiger partial charge in [-0.3, -0.25) is 4.79 Å². The molecule has 0 atom stereocenters. The van der Waals surface area contributed by atoms with Crippen LogP contribution in [0.25, 0.3) is 0 Å². The fourth-order valence-electron chi connectivity index (χ4n) is 1.71. The molecule has 20 heavy (non-hydrogen) atoms. The van der Waals surface area contributed by atoms with Gasteiger partial charge in [-0.2, -0.15) is 0 Å². The molecule has 1 aromatic carbocycles. The summed E-state index contributed by atoms with van der Waals surface area (Å²) in [6.45, 7) is 0.460. The SMILES string of the molecule is Nc1cc(C(=O)NCCc2ccc(O)cc2)c(Cl)cn1. The van der Waals surface area contributed by atoms with Gasteiger partial charge in [-0.25, -0.2) is 4.98 Å². The van der Waals surface area contributed by atoms with Gasteiger partial charge in [-0.05, 0) is 30.2 Å². The highest BCUT2D eigenvalue weighted by Crippen LogP contribution is 2.16. The number of hydrogen-bond donors (Lipinski definition) is 3. The number of nitrogen functional groups attached to an aromatic ring is 1. The van der Waals surface area contributed by atoms with Crippen LogP contribution in [0, 0.1) is 0 Å². The van der Waals surface area contributed by atoms with Crippen LogP contribution in [0.1, 0.15) is 15.9 Å². The maximum absolute atomic E-state index is 11.9. The minimum atomic E-state index is -0.289. The molecular formula is C14H14ClN3O2. The first-order valence-corrected chi connectivity index (χ1v) is 6.41. The summed E-state index contributed by atoms with van der Waals surface area (Å²) < 4.78 is 0. The average Bonchev–Trinajstić information content (AvgIpc) is 2.43. The summed E-state index contributed by atoms with van der Waals surface area (Å²) in [6, 6.07) is 8.27. The third-order valence-corrected chi connectivity index (χ3v) is 3.06. The zero-order valence-electron chi connectivity index (χ0n) is 10.6. The molecule has 0 unspecified atom stereocenters. The first-order valence-electron chi connectivity index (χ1n) is 6.03. The third kappa shape index (κ3) is 3.61. The number of phenols is 1. The Kier molecular flexibility index (Phi) is 4.42. The summed E-state index contributed by atoms with van der Waals surface area (Å²) in [5, 5.41) is 12.2. The highest BCUT2D eigenvalue weighted by atomic mass is 35.5. The Labute approximate surface area is 121 Å². The fourth-order valence-corrected chi connectivity index (χ4v) is 1.90. The van der Waals surface area contributed by atoms with E-state index < -0.39 is 0 Å². The molecule has 0 spiro atoms. The Bertz CT molecular complexity index is 614. The number of phenolic OH excluding ortho intramolecular Hbond substituents is 1. The lowest BCUT2D eigenvalue weighted by atomic mass is 10.1. The van der Waals surface area contributed by atoms with Crippen LogP contribution in [0.2, 0.25) is 5.02 Å². The van der Waals surface area contributed by atoms with Crippen molar-refractivity contribution in [3.8, 4) is 5.75 Å². The summed E-state index contributed by atoms with van der Waals surface area (Å²) in [5.74, 6) is 0.179. The molecule has 1 amide bonds. The normalized spacial score (nSPS) is 10.2. The number of carbonyl (C=O) groups is 1. The lowest BCUT2D eigenvalue weighted by molar-refractivity contribution is 0.0954.